The van der Waals surface area contributed by atoms with Crippen LogP contribution in [0.1, 0.15) is 11.9 Å². The van der Waals surface area contributed by atoms with E-state index >= 15 is 0 Å². The van der Waals surface area contributed by atoms with Gasteiger partial charge in [-0.05, 0) is 6.42 Å². The standard InChI is InChI=1S/C4H10O3/c5-2-1-4(7)3-6/h4-7H,1-3H2/i2D2,3D2. The topological polar surface area (TPSA) is 60.7 Å². The first-order valence-corrected chi connectivity index (χ1v) is 1.76. The van der Waals surface area contributed by atoms with Crippen LogP contribution >= 0.6 is 0 Å². The quantitative estimate of drug-likeness (QED) is 0.424. The third-order valence-electron chi connectivity index (χ3n) is 0.434. The normalized spacial score (nSPS) is 26.7. The SMILES string of the molecule is [2H]C([2H])(O)CC(O)C([2H])([2H])O. The lowest BCUT2D eigenvalue weighted by Crippen LogP contribution is -2.12. The molecule has 0 bridgehead atoms. The smallest absolute Gasteiger partial charge is 0.0792 e. The fourth-order valence-corrected chi connectivity index (χ4v) is 0.132. The van der Waals surface area contributed by atoms with Crippen molar-refractivity contribution in [2.24, 2.45) is 0 Å². The second kappa shape index (κ2) is 4.05. The Balaban J connectivity index is 3.99. The average Bonchev–Trinajstić information content (AvgIpc) is 1.56. The Morgan fingerprint density at radius 2 is 2.14 bits per heavy atom. The van der Waals surface area contributed by atoms with Gasteiger partial charge in [0, 0.05) is 6.56 Å². The summed E-state index contributed by atoms with van der Waals surface area (Å²) >= 11 is 0. The van der Waals surface area contributed by atoms with E-state index in [0.717, 1.165) is 0 Å². The highest BCUT2D eigenvalue weighted by Gasteiger charge is 1.96. The Hall–Kier alpha value is -0.120. The van der Waals surface area contributed by atoms with E-state index in [4.69, 9.17) is 20.8 Å². The molecule has 0 saturated carbocycles. The summed E-state index contributed by atoms with van der Waals surface area (Å²) < 4.78 is 26.1. The first kappa shape index (κ1) is 2.44. The van der Waals surface area contributed by atoms with Crippen LogP contribution in [0.2, 0.25) is 0 Å². The summed E-state index contributed by atoms with van der Waals surface area (Å²) in [5, 5.41) is 25.6. The molecular formula is C4H10O3. The minimum absolute atomic E-state index is 0.865. The lowest BCUT2D eigenvalue weighted by Gasteiger charge is -2.00. The van der Waals surface area contributed by atoms with Gasteiger partial charge < -0.3 is 15.3 Å². The van der Waals surface area contributed by atoms with Gasteiger partial charge in [-0.2, -0.15) is 0 Å². The van der Waals surface area contributed by atoms with Gasteiger partial charge in [0.25, 0.3) is 0 Å². The molecule has 0 aromatic carbocycles. The molecule has 0 aliphatic heterocycles. The van der Waals surface area contributed by atoms with Gasteiger partial charge in [0.15, 0.2) is 0 Å². The molecule has 7 heavy (non-hydrogen) atoms. The Kier molecular flexibility index (Phi) is 1.41. The highest BCUT2D eigenvalue weighted by molar-refractivity contribution is 4.48. The van der Waals surface area contributed by atoms with Crippen molar-refractivity contribution in [2.45, 2.75) is 12.5 Å². The predicted molar refractivity (Wildman–Crippen MR) is 24.8 cm³/mol. The molecule has 0 aromatic heterocycles. The van der Waals surface area contributed by atoms with Gasteiger partial charge >= 0.3 is 0 Å². The number of hydrogen-bond acceptors (Lipinski definition) is 3. The van der Waals surface area contributed by atoms with Gasteiger partial charge in [0.2, 0.25) is 0 Å². The summed E-state index contributed by atoms with van der Waals surface area (Å²) in [7, 11) is 0. The second-order valence-electron chi connectivity index (χ2n) is 1.01. The van der Waals surface area contributed by atoms with Crippen LogP contribution in [0.15, 0.2) is 0 Å². The highest BCUT2D eigenvalue weighted by Crippen LogP contribution is 1.84. The number of aliphatic hydroxyl groups excluding tert-OH is 1. The van der Waals surface area contributed by atoms with Crippen molar-refractivity contribution >= 4 is 0 Å². The minimum atomic E-state index is -2.88. The molecule has 0 radical (unpaired) electrons. The minimum Gasteiger partial charge on any atom is -0.396 e. The van der Waals surface area contributed by atoms with E-state index in [1.165, 1.54) is 0 Å². The Bertz CT molecular complexity index is 126. The molecule has 0 fully saturated rings. The number of hydrogen-bond donors (Lipinski definition) is 3. The number of aliphatic hydroxyl groups is 3. The molecule has 0 heterocycles. The molecule has 0 aliphatic carbocycles. The van der Waals surface area contributed by atoms with E-state index in [0.29, 0.717) is 0 Å². The zero-order chi connectivity index (χ0) is 9.28. The third kappa shape index (κ3) is 3.72. The number of rotatable bonds is 3. The van der Waals surface area contributed by atoms with E-state index in [2.05, 4.69) is 0 Å². The van der Waals surface area contributed by atoms with E-state index in [9.17, 15) is 0 Å². The highest BCUT2D eigenvalue weighted by atomic mass is 16.3. The molecule has 0 aromatic rings. The molecule has 44 valence electrons. The lowest BCUT2D eigenvalue weighted by molar-refractivity contribution is 0.0721. The molecule has 0 aliphatic rings. The van der Waals surface area contributed by atoms with E-state index in [-0.39, 0.29) is 0 Å². The molecule has 0 saturated heterocycles. The van der Waals surface area contributed by atoms with Crippen LogP contribution in [0.25, 0.3) is 0 Å². The molecule has 1 unspecified atom stereocenters. The van der Waals surface area contributed by atoms with E-state index in [1.54, 1.807) is 0 Å². The monoisotopic (exact) mass is 110 g/mol. The largest absolute Gasteiger partial charge is 0.396 e. The van der Waals surface area contributed by atoms with Gasteiger partial charge in [-0.25, -0.2) is 0 Å². The van der Waals surface area contributed by atoms with Gasteiger partial charge in [-0.3, -0.25) is 0 Å². The molecule has 1 atom stereocenters. The summed E-state index contributed by atoms with van der Waals surface area (Å²) in [5.41, 5.74) is 0. The summed E-state index contributed by atoms with van der Waals surface area (Å²) in [4.78, 5) is 0. The van der Waals surface area contributed by atoms with Gasteiger partial charge in [-0.15, -0.1) is 0 Å². The van der Waals surface area contributed by atoms with E-state index in [1.807, 2.05) is 0 Å². The van der Waals surface area contributed by atoms with Crippen LogP contribution in [0, 0.1) is 0 Å². The molecule has 0 rings (SSSR count). The van der Waals surface area contributed by atoms with Gasteiger partial charge in [0.05, 0.1) is 18.1 Å². The molecule has 0 spiro atoms. The maximum atomic E-state index is 8.70. The van der Waals surface area contributed by atoms with Gasteiger partial charge in [0.1, 0.15) is 0 Å². The predicted octanol–water partition coefficient (Wildman–Crippen LogP) is -1.28. The zero-order valence-corrected chi connectivity index (χ0v) is 3.63. The van der Waals surface area contributed by atoms with Crippen LogP contribution in [-0.4, -0.2) is 34.5 Å². The van der Waals surface area contributed by atoms with Crippen LogP contribution in [0.3, 0.4) is 0 Å². The lowest BCUT2D eigenvalue weighted by atomic mass is 10.3. The van der Waals surface area contributed by atoms with Crippen molar-refractivity contribution in [1.82, 2.24) is 0 Å². The van der Waals surface area contributed by atoms with Crippen LogP contribution in [0.5, 0.6) is 0 Å². The van der Waals surface area contributed by atoms with Crippen LogP contribution in [0.4, 0.5) is 0 Å². The van der Waals surface area contributed by atoms with Crippen LogP contribution < -0.4 is 0 Å². The zero-order valence-electron chi connectivity index (χ0n) is 7.63. The Morgan fingerprint density at radius 3 is 2.29 bits per heavy atom. The van der Waals surface area contributed by atoms with Crippen molar-refractivity contribution in [3.05, 3.63) is 0 Å². The maximum absolute atomic E-state index is 8.70. The van der Waals surface area contributed by atoms with Crippen molar-refractivity contribution in [1.29, 1.82) is 0 Å². The van der Waals surface area contributed by atoms with E-state index < -0.39 is 25.6 Å². The second-order valence-corrected chi connectivity index (χ2v) is 1.01. The molecular weight excluding hydrogens is 96.0 g/mol. The summed E-state index contributed by atoms with van der Waals surface area (Å²) in [6, 6.07) is 0. The fourth-order valence-electron chi connectivity index (χ4n) is 0.132. The molecule has 3 nitrogen and oxygen atoms in total. The van der Waals surface area contributed by atoms with Crippen molar-refractivity contribution in [3.8, 4) is 0 Å². The van der Waals surface area contributed by atoms with Crippen molar-refractivity contribution in [3.63, 3.8) is 0 Å². The van der Waals surface area contributed by atoms with Gasteiger partial charge in [-0.1, -0.05) is 0 Å². The fraction of sp³-hybridized carbons (Fsp3) is 1.00. The maximum Gasteiger partial charge on any atom is 0.0792 e. The first-order chi connectivity index (χ1) is 4.63. The van der Waals surface area contributed by atoms with Crippen molar-refractivity contribution in [2.75, 3.05) is 13.1 Å². The summed E-state index contributed by atoms with van der Waals surface area (Å²) in [6.07, 6.45) is -2.79. The molecule has 3 heteroatoms. The average molecular weight is 110 g/mol. The Morgan fingerprint density at radius 1 is 1.57 bits per heavy atom. The Labute approximate surface area is 47.8 Å². The van der Waals surface area contributed by atoms with Crippen molar-refractivity contribution < 1.29 is 20.8 Å². The first-order valence-electron chi connectivity index (χ1n) is 3.76. The third-order valence-corrected chi connectivity index (χ3v) is 0.434. The van der Waals surface area contributed by atoms with Crippen LogP contribution in [-0.2, 0) is 0 Å². The molecule has 3 N–H and O–H groups in total. The summed E-state index contributed by atoms with van der Waals surface area (Å²) in [6.45, 7) is -5.55. The summed E-state index contributed by atoms with van der Waals surface area (Å²) in [5.74, 6) is 0. The molecule has 0 amide bonds.